The topological polar surface area (TPSA) is 17.1 Å². The predicted molar refractivity (Wildman–Crippen MR) is 35.3 cm³/mol. The fraction of sp³-hybridized carbons (Fsp3) is 0.400. The van der Waals surface area contributed by atoms with Crippen LogP contribution in [0, 0.1) is 0 Å². The minimum Gasteiger partial charge on any atom is -0.300 e. The smallest absolute Gasteiger partial charge is 0.176 e. The van der Waals surface area contributed by atoms with Gasteiger partial charge in [-0.25, -0.2) is 0 Å². The monoisotopic (exact) mass is 152 g/mol. The van der Waals surface area contributed by atoms with E-state index in [0.29, 0.717) is 12.7 Å². The van der Waals surface area contributed by atoms with Crippen LogP contribution in [0.2, 0.25) is 0 Å². The lowest BCUT2D eigenvalue weighted by atomic mass is 10.3. The first kappa shape index (κ1) is 7.99. The van der Waals surface area contributed by atoms with Crippen LogP contribution in [0.4, 0.5) is 0 Å². The Morgan fingerprint density at radius 1 is 1.62 bits per heavy atom. The van der Waals surface area contributed by atoms with Crippen LogP contribution in [0.1, 0.15) is 6.42 Å². The zero-order valence-corrected chi connectivity index (χ0v) is 5.74. The molecule has 0 spiro atoms. The van der Waals surface area contributed by atoms with Crippen molar-refractivity contribution in [2.45, 2.75) is 10.8 Å². The highest BCUT2D eigenvalue weighted by Crippen LogP contribution is 2.21. The fourth-order valence-electron chi connectivity index (χ4n) is 0.241. The van der Waals surface area contributed by atoms with Crippen LogP contribution in [-0.2, 0) is 4.79 Å². The quantitative estimate of drug-likeness (QED) is 0.344. The minimum atomic E-state index is -1.26. The molecule has 0 aromatic rings. The van der Waals surface area contributed by atoms with Crippen LogP contribution in [0.25, 0.3) is 0 Å². The third-order valence-corrected chi connectivity index (χ3v) is 1.08. The Balaban J connectivity index is 3.70. The van der Waals surface area contributed by atoms with Crippen LogP contribution in [-0.4, -0.2) is 10.6 Å². The molecule has 0 heterocycles. The van der Waals surface area contributed by atoms with E-state index in [0.717, 1.165) is 0 Å². The van der Waals surface area contributed by atoms with Crippen molar-refractivity contribution >= 4 is 29.5 Å². The number of hydrogen-bond acceptors (Lipinski definition) is 1. The van der Waals surface area contributed by atoms with Crippen molar-refractivity contribution in [1.82, 2.24) is 0 Å². The maximum atomic E-state index is 9.90. The molecule has 0 rings (SSSR count). The average Bonchev–Trinajstić information content (AvgIpc) is 1.67. The van der Waals surface area contributed by atoms with Gasteiger partial charge in [0, 0.05) is 6.42 Å². The third-order valence-electron chi connectivity index (χ3n) is 0.589. The standard InChI is InChI=1S/C5H6Cl2O/c1-2-3-5(6,7)4-8/h2,4H,1,3H2. The third kappa shape index (κ3) is 3.05. The number of alkyl halides is 2. The summed E-state index contributed by atoms with van der Waals surface area (Å²) in [5.41, 5.74) is 0. The molecule has 0 amide bonds. The van der Waals surface area contributed by atoms with E-state index in [2.05, 4.69) is 6.58 Å². The number of allylic oxidation sites excluding steroid dienone is 1. The second-order valence-electron chi connectivity index (χ2n) is 1.37. The number of rotatable bonds is 3. The molecule has 3 heteroatoms. The van der Waals surface area contributed by atoms with Gasteiger partial charge in [0.05, 0.1) is 0 Å². The SMILES string of the molecule is C=CCC(Cl)(Cl)C=O. The number of carbonyl (C=O) groups excluding carboxylic acids is 1. The van der Waals surface area contributed by atoms with E-state index in [1.807, 2.05) is 0 Å². The van der Waals surface area contributed by atoms with Crippen molar-refractivity contribution in [3.05, 3.63) is 12.7 Å². The Morgan fingerprint density at radius 2 is 2.12 bits per heavy atom. The van der Waals surface area contributed by atoms with E-state index in [4.69, 9.17) is 23.2 Å². The number of hydrogen-bond donors (Lipinski definition) is 0. The van der Waals surface area contributed by atoms with Crippen LogP contribution in [0.5, 0.6) is 0 Å². The van der Waals surface area contributed by atoms with Crippen molar-refractivity contribution in [3.8, 4) is 0 Å². The molecule has 8 heavy (non-hydrogen) atoms. The summed E-state index contributed by atoms with van der Waals surface area (Å²) in [6, 6.07) is 0. The van der Waals surface area contributed by atoms with Crippen molar-refractivity contribution in [2.75, 3.05) is 0 Å². The summed E-state index contributed by atoms with van der Waals surface area (Å²) < 4.78 is -1.26. The van der Waals surface area contributed by atoms with Crippen molar-refractivity contribution < 1.29 is 4.79 Å². The van der Waals surface area contributed by atoms with Crippen molar-refractivity contribution in [1.29, 1.82) is 0 Å². The number of halogens is 2. The van der Waals surface area contributed by atoms with E-state index >= 15 is 0 Å². The van der Waals surface area contributed by atoms with E-state index in [1.165, 1.54) is 6.08 Å². The van der Waals surface area contributed by atoms with Gasteiger partial charge in [-0.2, -0.15) is 0 Å². The lowest BCUT2D eigenvalue weighted by Gasteiger charge is -2.05. The molecular formula is C5H6Cl2O. The molecule has 0 radical (unpaired) electrons. The van der Waals surface area contributed by atoms with Crippen LogP contribution >= 0.6 is 23.2 Å². The zero-order chi connectivity index (χ0) is 6.62. The Kier molecular flexibility index (Phi) is 3.10. The van der Waals surface area contributed by atoms with Gasteiger partial charge in [0.25, 0.3) is 0 Å². The summed E-state index contributed by atoms with van der Waals surface area (Å²) in [5, 5.41) is 0. The van der Waals surface area contributed by atoms with Crippen molar-refractivity contribution in [2.24, 2.45) is 0 Å². The molecule has 0 unspecified atom stereocenters. The molecular weight excluding hydrogens is 147 g/mol. The first-order chi connectivity index (χ1) is 3.62. The summed E-state index contributed by atoms with van der Waals surface area (Å²) in [4.78, 5) is 9.90. The summed E-state index contributed by atoms with van der Waals surface area (Å²) in [6.07, 6.45) is 2.27. The van der Waals surface area contributed by atoms with Crippen LogP contribution in [0.15, 0.2) is 12.7 Å². The van der Waals surface area contributed by atoms with Crippen molar-refractivity contribution in [3.63, 3.8) is 0 Å². The molecule has 0 saturated heterocycles. The minimum absolute atomic E-state index is 0.291. The largest absolute Gasteiger partial charge is 0.300 e. The van der Waals surface area contributed by atoms with E-state index in [1.54, 1.807) is 0 Å². The predicted octanol–water partition coefficient (Wildman–Crippen LogP) is 1.94. The highest BCUT2D eigenvalue weighted by Gasteiger charge is 2.19. The van der Waals surface area contributed by atoms with Gasteiger partial charge in [0.1, 0.15) is 0 Å². The molecule has 0 bridgehead atoms. The molecule has 0 fully saturated rings. The van der Waals surface area contributed by atoms with E-state index in [9.17, 15) is 4.79 Å². The molecule has 46 valence electrons. The highest BCUT2D eigenvalue weighted by atomic mass is 35.5. The van der Waals surface area contributed by atoms with E-state index in [-0.39, 0.29) is 0 Å². The summed E-state index contributed by atoms with van der Waals surface area (Å²) in [5.74, 6) is 0. The molecule has 0 aliphatic carbocycles. The first-order valence-electron chi connectivity index (χ1n) is 2.07. The van der Waals surface area contributed by atoms with Gasteiger partial charge in [0.2, 0.25) is 0 Å². The average molecular weight is 153 g/mol. The van der Waals surface area contributed by atoms with Gasteiger partial charge in [-0.1, -0.05) is 29.3 Å². The zero-order valence-electron chi connectivity index (χ0n) is 4.23. The molecule has 0 aliphatic heterocycles. The lowest BCUT2D eigenvalue weighted by molar-refractivity contribution is -0.108. The molecule has 0 aromatic carbocycles. The van der Waals surface area contributed by atoms with Gasteiger partial charge in [0.15, 0.2) is 10.6 Å². The van der Waals surface area contributed by atoms with Gasteiger partial charge in [-0.15, -0.1) is 6.58 Å². The molecule has 0 atom stereocenters. The number of carbonyl (C=O) groups is 1. The van der Waals surface area contributed by atoms with E-state index < -0.39 is 4.33 Å². The van der Waals surface area contributed by atoms with Gasteiger partial charge < -0.3 is 0 Å². The van der Waals surface area contributed by atoms with Gasteiger partial charge in [-0.05, 0) is 0 Å². The van der Waals surface area contributed by atoms with Crippen LogP contribution < -0.4 is 0 Å². The molecule has 0 aromatic heterocycles. The summed E-state index contributed by atoms with van der Waals surface area (Å²) in [7, 11) is 0. The Morgan fingerprint density at radius 3 is 2.25 bits per heavy atom. The lowest BCUT2D eigenvalue weighted by Crippen LogP contribution is -2.11. The van der Waals surface area contributed by atoms with Gasteiger partial charge >= 0.3 is 0 Å². The second kappa shape index (κ2) is 3.10. The molecule has 0 aliphatic rings. The maximum absolute atomic E-state index is 9.90. The molecule has 0 saturated carbocycles. The molecule has 0 N–H and O–H groups in total. The highest BCUT2D eigenvalue weighted by molar-refractivity contribution is 6.55. The Labute approximate surface area is 58.3 Å². The maximum Gasteiger partial charge on any atom is 0.176 e. The Bertz CT molecular complexity index is 98.6. The first-order valence-corrected chi connectivity index (χ1v) is 2.83. The van der Waals surface area contributed by atoms with Crippen LogP contribution in [0.3, 0.4) is 0 Å². The summed E-state index contributed by atoms with van der Waals surface area (Å²) >= 11 is 10.7. The summed E-state index contributed by atoms with van der Waals surface area (Å²) in [6.45, 7) is 3.37. The second-order valence-corrected chi connectivity index (χ2v) is 2.91. The normalized spacial score (nSPS) is 10.8. The fourth-order valence-corrected chi connectivity index (χ4v) is 0.459. The molecule has 1 nitrogen and oxygen atoms in total. The number of aldehydes is 1. The Hall–Kier alpha value is -0.0100. The van der Waals surface area contributed by atoms with Gasteiger partial charge in [-0.3, -0.25) is 4.79 Å².